The molecule has 0 saturated heterocycles. The Labute approximate surface area is 129 Å². The number of hydrogen-bond donors (Lipinski definition) is 1. The lowest BCUT2D eigenvalue weighted by molar-refractivity contribution is 0.405. The van der Waals surface area contributed by atoms with Crippen LogP contribution in [0.15, 0.2) is 52.3 Å². The molecule has 21 heavy (non-hydrogen) atoms. The lowest BCUT2D eigenvalue weighted by Crippen LogP contribution is -2.21. The zero-order chi connectivity index (χ0) is 15.2. The first-order valence-corrected chi connectivity index (χ1v) is 7.81. The average molecular weight is 305 g/mol. The summed E-state index contributed by atoms with van der Waals surface area (Å²) in [6.45, 7) is 2.04. The Kier molecular flexibility index (Phi) is 5.65. The van der Waals surface area contributed by atoms with E-state index in [2.05, 4.69) is 0 Å². The van der Waals surface area contributed by atoms with E-state index in [0.717, 1.165) is 22.6 Å². The summed E-state index contributed by atoms with van der Waals surface area (Å²) in [5.74, 6) is 0.531. The van der Waals surface area contributed by atoms with Gasteiger partial charge in [0.2, 0.25) is 0 Å². The Hall–Kier alpha value is -1.52. The SMILES string of the molecule is CCC(N)Cc1cccc(F)c1Sc1ccccc1OC. The zero-order valence-electron chi connectivity index (χ0n) is 12.3. The van der Waals surface area contributed by atoms with Crippen LogP contribution < -0.4 is 10.5 Å². The third kappa shape index (κ3) is 3.99. The van der Waals surface area contributed by atoms with Crippen molar-refractivity contribution < 1.29 is 9.13 Å². The smallest absolute Gasteiger partial charge is 0.137 e. The summed E-state index contributed by atoms with van der Waals surface area (Å²) in [5, 5.41) is 0. The fraction of sp³-hybridized carbons (Fsp3) is 0.294. The molecule has 1 unspecified atom stereocenters. The Morgan fingerprint density at radius 3 is 2.67 bits per heavy atom. The van der Waals surface area contributed by atoms with Crippen molar-refractivity contribution in [1.82, 2.24) is 0 Å². The van der Waals surface area contributed by atoms with Crippen molar-refractivity contribution in [1.29, 1.82) is 0 Å². The van der Waals surface area contributed by atoms with Crippen LogP contribution >= 0.6 is 11.8 Å². The number of methoxy groups -OCH3 is 1. The van der Waals surface area contributed by atoms with E-state index in [1.165, 1.54) is 17.8 Å². The predicted molar refractivity (Wildman–Crippen MR) is 85.5 cm³/mol. The van der Waals surface area contributed by atoms with Crippen LogP contribution in [0.25, 0.3) is 0 Å². The van der Waals surface area contributed by atoms with E-state index in [-0.39, 0.29) is 11.9 Å². The number of benzene rings is 2. The van der Waals surface area contributed by atoms with Gasteiger partial charge in [-0.25, -0.2) is 4.39 Å². The van der Waals surface area contributed by atoms with Gasteiger partial charge in [-0.1, -0.05) is 43.0 Å². The van der Waals surface area contributed by atoms with Crippen LogP contribution in [-0.4, -0.2) is 13.2 Å². The Bertz CT molecular complexity index is 603. The van der Waals surface area contributed by atoms with Crippen molar-refractivity contribution in [3.8, 4) is 5.75 Å². The minimum Gasteiger partial charge on any atom is -0.496 e. The van der Waals surface area contributed by atoms with Gasteiger partial charge in [0.25, 0.3) is 0 Å². The highest BCUT2D eigenvalue weighted by Gasteiger charge is 2.14. The molecule has 112 valence electrons. The molecule has 0 radical (unpaired) electrons. The molecular weight excluding hydrogens is 285 g/mol. The second-order valence-corrected chi connectivity index (χ2v) is 5.91. The third-order valence-electron chi connectivity index (χ3n) is 3.34. The van der Waals surface area contributed by atoms with E-state index in [0.29, 0.717) is 11.3 Å². The Morgan fingerprint density at radius 1 is 1.19 bits per heavy atom. The highest BCUT2D eigenvalue weighted by atomic mass is 32.2. The summed E-state index contributed by atoms with van der Waals surface area (Å²) in [5.41, 5.74) is 6.96. The van der Waals surface area contributed by atoms with Crippen molar-refractivity contribution in [3.63, 3.8) is 0 Å². The van der Waals surface area contributed by atoms with Crippen molar-refractivity contribution in [3.05, 3.63) is 53.8 Å². The summed E-state index contributed by atoms with van der Waals surface area (Å²) < 4.78 is 19.6. The molecule has 0 bridgehead atoms. The van der Waals surface area contributed by atoms with Gasteiger partial charge in [0.05, 0.1) is 16.9 Å². The van der Waals surface area contributed by atoms with Crippen LogP contribution in [0.2, 0.25) is 0 Å². The molecule has 1 atom stereocenters. The summed E-state index contributed by atoms with van der Waals surface area (Å²) in [7, 11) is 1.62. The maximum atomic E-state index is 14.2. The van der Waals surface area contributed by atoms with E-state index in [1.54, 1.807) is 13.2 Å². The van der Waals surface area contributed by atoms with Gasteiger partial charge in [-0.05, 0) is 36.6 Å². The molecule has 0 saturated carbocycles. The fourth-order valence-electron chi connectivity index (χ4n) is 2.07. The molecule has 0 aliphatic rings. The number of para-hydroxylation sites is 1. The predicted octanol–water partition coefficient (Wildman–Crippen LogP) is 4.27. The Morgan fingerprint density at radius 2 is 1.95 bits per heavy atom. The number of nitrogens with two attached hydrogens (primary N) is 1. The van der Waals surface area contributed by atoms with Crippen molar-refractivity contribution in [2.45, 2.75) is 35.6 Å². The van der Waals surface area contributed by atoms with Crippen LogP contribution in [-0.2, 0) is 6.42 Å². The molecule has 0 aliphatic carbocycles. The lowest BCUT2D eigenvalue weighted by atomic mass is 10.0. The zero-order valence-corrected chi connectivity index (χ0v) is 13.1. The molecule has 2 N–H and O–H groups in total. The fourth-order valence-corrected chi connectivity index (χ4v) is 3.13. The lowest BCUT2D eigenvalue weighted by Gasteiger charge is -2.15. The van der Waals surface area contributed by atoms with Crippen molar-refractivity contribution in [2.24, 2.45) is 5.73 Å². The van der Waals surface area contributed by atoms with Crippen LogP contribution in [0.1, 0.15) is 18.9 Å². The molecule has 0 fully saturated rings. The van der Waals surface area contributed by atoms with Crippen LogP contribution in [0.3, 0.4) is 0 Å². The average Bonchev–Trinajstić information content (AvgIpc) is 2.51. The molecule has 2 rings (SSSR count). The number of rotatable bonds is 6. The van der Waals surface area contributed by atoms with Crippen molar-refractivity contribution >= 4 is 11.8 Å². The highest BCUT2D eigenvalue weighted by molar-refractivity contribution is 7.99. The summed E-state index contributed by atoms with van der Waals surface area (Å²) in [6, 6.07) is 12.8. The van der Waals surface area contributed by atoms with E-state index in [4.69, 9.17) is 10.5 Å². The molecule has 0 aliphatic heterocycles. The first-order chi connectivity index (χ1) is 10.2. The van der Waals surface area contributed by atoms with E-state index in [1.807, 2.05) is 37.3 Å². The van der Waals surface area contributed by atoms with Gasteiger partial charge in [0.1, 0.15) is 11.6 Å². The monoisotopic (exact) mass is 305 g/mol. The molecular formula is C17H20FNOS. The van der Waals surface area contributed by atoms with Gasteiger partial charge in [-0.3, -0.25) is 0 Å². The molecule has 0 aromatic heterocycles. The first-order valence-electron chi connectivity index (χ1n) is 6.99. The molecule has 2 aromatic rings. The molecule has 0 spiro atoms. The molecule has 0 heterocycles. The van der Waals surface area contributed by atoms with Gasteiger partial charge in [-0.2, -0.15) is 0 Å². The minimum atomic E-state index is -0.216. The topological polar surface area (TPSA) is 35.2 Å². The van der Waals surface area contributed by atoms with Crippen LogP contribution in [0.4, 0.5) is 4.39 Å². The summed E-state index contributed by atoms with van der Waals surface area (Å²) in [6.07, 6.45) is 1.54. The molecule has 2 nitrogen and oxygen atoms in total. The number of hydrogen-bond acceptors (Lipinski definition) is 3. The van der Waals surface area contributed by atoms with Gasteiger partial charge in [0, 0.05) is 6.04 Å². The normalized spacial score (nSPS) is 12.2. The van der Waals surface area contributed by atoms with Gasteiger partial charge in [-0.15, -0.1) is 0 Å². The van der Waals surface area contributed by atoms with Crippen molar-refractivity contribution in [2.75, 3.05) is 7.11 Å². The van der Waals surface area contributed by atoms with Crippen LogP contribution in [0.5, 0.6) is 5.75 Å². The highest BCUT2D eigenvalue weighted by Crippen LogP contribution is 2.38. The number of ether oxygens (including phenoxy) is 1. The Balaban J connectivity index is 2.34. The molecule has 2 aromatic carbocycles. The van der Waals surface area contributed by atoms with Gasteiger partial charge >= 0.3 is 0 Å². The second kappa shape index (κ2) is 7.48. The largest absolute Gasteiger partial charge is 0.496 e. The second-order valence-electron chi connectivity index (χ2n) is 4.85. The van der Waals surface area contributed by atoms with E-state index < -0.39 is 0 Å². The molecule has 4 heteroatoms. The minimum absolute atomic E-state index is 0.0452. The maximum Gasteiger partial charge on any atom is 0.137 e. The quantitative estimate of drug-likeness (QED) is 0.866. The summed E-state index contributed by atoms with van der Waals surface area (Å²) in [4.78, 5) is 1.53. The van der Waals surface area contributed by atoms with E-state index >= 15 is 0 Å². The first kappa shape index (κ1) is 15.9. The third-order valence-corrected chi connectivity index (χ3v) is 4.55. The number of halogens is 1. The standard InChI is InChI=1S/C17H20FNOS/c1-3-13(19)11-12-7-6-8-14(18)17(12)21-16-10-5-4-9-15(16)20-2/h4-10,13H,3,11,19H2,1-2H3. The maximum absolute atomic E-state index is 14.2. The molecule has 0 amide bonds. The van der Waals surface area contributed by atoms with Gasteiger partial charge < -0.3 is 10.5 Å². The van der Waals surface area contributed by atoms with Gasteiger partial charge in [0.15, 0.2) is 0 Å². The van der Waals surface area contributed by atoms with E-state index in [9.17, 15) is 4.39 Å². The van der Waals surface area contributed by atoms with Crippen LogP contribution in [0, 0.1) is 5.82 Å². The summed E-state index contributed by atoms with van der Waals surface area (Å²) >= 11 is 1.39.